The summed E-state index contributed by atoms with van der Waals surface area (Å²) in [6, 6.07) is 9.10. The lowest BCUT2D eigenvalue weighted by Crippen LogP contribution is -2.31. The van der Waals surface area contributed by atoms with Crippen molar-refractivity contribution >= 4 is 17.2 Å². The van der Waals surface area contributed by atoms with Crippen molar-refractivity contribution in [3.8, 4) is 22.5 Å². The Morgan fingerprint density at radius 3 is 2.80 bits per heavy atom. The summed E-state index contributed by atoms with van der Waals surface area (Å²) >= 11 is 0. The highest BCUT2D eigenvalue weighted by Gasteiger charge is 2.29. The molecule has 1 aromatic carbocycles. The van der Waals surface area contributed by atoms with Gasteiger partial charge in [-0.1, -0.05) is 18.2 Å². The number of hydrogen-bond donors (Lipinski definition) is 0. The molecule has 5 heterocycles. The Morgan fingerprint density at radius 2 is 2.03 bits per heavy atom. The molecule has 8 heteroatoms. The van der Waals surface area contributed by atoms with Crippen molar-refractivity contribution in [2.24, 2.45) is 0 Å². The Hall–Kier alpha value is -3.52. The molecule has 2 aliphatic rings. The third-order valence-electron chi connectivity index (χ3n) is 7.25. The van der Waals surface area contributed by atoms with E-state index in [0.29, 0.717) is 18.6 Å². The lowest BCUT2D eigenvalue weighted by molar-refractivity contribution is -0.118. The molecule has 0 spiro atoms. The smallest absolute Gasteiger partial charge is 0.210 e. The van der Waals surface area contributed by atoms with Crippen LogP contribution < -0.4 is 0 Å². The van der Waals surface area contributed by atoms with Gasteiger partial charge in [-0.25, -0.2) is 0 Å². The third-order valence-corrected chi connectivity index (χ3v) is 7.25. The van der Waals surface area contributed by atoms with Crippen LogP contribution in [0.2, 0.25) is 0 Å². The molecule has 3 aromatic heterocycles. The van der Waals surface area contributed by atoms with Gasteiger partial charge in [0.05, 0.1) is 23.6 Å². The number of aromatic nitrogens is 5. The average molecular weight is 471 g/mol. The number of rotatable bonds is 5. The molecule has 1 amide bonds. The normalized spacial score (nSPS) is 16.7. The van der Waals surface area contributed by atoms with Crippen LogP contribution in [0, 0.1) is 0 Å². The monoisotopic (exact) mass is 470 g/mol. The highest BCUT2D eigenvalue weighted by atomic mass is 16.5. The molecule has 0 bridgehead atoms. The summed E-state index contributed by atoms with van der Waals surface area (Å²) in [6.07, 6.45) is 9.58. The van der Waals surface area contributed by atoms with Gasteiger partial charge in [0, 0.05) is 78.9 Å². The van der Waals surface area contributed by atoms with Gasteiger partial charge in [-0.05, 0) is 38.1 Å². The Labute approximate surface area is 204 Å². The number of carbonyl (C=O) groups excluding carboxylic acids is 1. The van der Waals surface area contributed by atoms with Gasteiger partial charge in [-0.3, -0.25) is 19.1 Å². The summed E-state index contributed by atoms with van der Waals surface area (Å²) in [6.45, 7) is 7.08. The predicted molar refractivity (Wildman–Crippen MR) is 134 cm³/mol. The topological polar surface area (TPSA) is 78.1 Å². The first-order chi connectivity index (χ1) is 17.1. The Bertz CT molecular complexity index is 1380. The van der Waals surface area contributed by atoms with Crippen molar-refractivity contribution < 1.29 is 9.53 Å². The van der Waals surface area contributed by atoms with E-state index >= 15 is 0 Å². The number of benzene rings is 1. The molecule has 2 aliphatic heterocycles. The first kappa shape index (κ1) is 22.0. The predicted octanol–water partition coefficient (Wildman–Crippen LogP) is 4.41. The summed E-state index contributed by atoms with van der Waals surface area (Å²) < 4.78 is 9.78. The molecule has 6 rings (SSSR count). The van der Waals surface area contributed by atoms with E-state index in [0.717, 1.165) is 84.3 Å². The molecular weight excluding hydrogens is 440 g/mol. The van der Waals surface area contributed by atoms with E-state index in [1.165, 1.54) is 5.69 Å². The van der Waals surface area contributed by atoms with E-state index in [4.69, 9.17) is 14.8 Å². The van der Waals surface area contributed by atoms with Crippen LogP contribution in [-0.2, 0) is 22.5 Å². The van der Waals surface area contributed by atoms with Crippen LogP contribution in [-0.4, -0.2) is 55.6 Å². The largest absolute Gasteiger partial charge is 0.381 e. The van der Waals surface area contributed by atoms with Crippen molar-refractivity contribution in [2.45, 2.75) is 51.7 Å². The first-order valence-electron chi connectivity index (χ1n) is 12.4. The van der Waals surface area contributed by atoms with Crippen LogP contribution >= 0.6 is 0 Å². The number of fused-ring (bicyclic) bond motifs is 2. The molecule has 1 fully saturated rings. The molecule has 4 aromatic rings. The minimum atomic E-state index is 0.304. The third kappa shape index (κ3) is 3.91. The second-order valence-electron chi connectivity index (χ2n) is 9.79. The van der Waals surface area contributed by atoms with Gasteiger partial charge in [0.25, 0.3) is 0 Å². The molecule has 0 radical (unpaired) electrons. The zero-order chi connectivity index (χ0) is 23.9. The lowest BCUT2D eigenvalue weighted by Gasteiger charge is -2.28. The van der Waals surface area contributed by atoms with Gasteiger partial charge in [-0.2, -0.15) is 10.2 Å². The maximum absolute atomic E-state index is 11.6. The maximum atomic E-state index is 11.6. The standard InChI is InChI=1S/C27H30N6O2/c1-18(2)32-15-20(13-29-32)25-12-19-4-3-5-22(23(19)14-28-25)27-24-16-31(17-34)9-6-26(24)33(30-27)21-7-10-35-11-8-21/h3-5,12-15,17-18,21H,6-11,16H2,1-2H3. The van der Waals surface area contributed by atoms with E-state index in [2.05, 4.69) is 47.9 Å². The van der Waals surface area contributed by atoms with Gasteiger partial charge >= 0.3 is 0 Å². The number of amides is 1. The van der Waals surface area contributed by atoms with E-state index < -0.39 is 0 Å². The minimum absolute atomic E-state index is 0.304. The summed E-state index contributed by atoms with van der Waals surface area (Å²) in [5, 5.41) is 11.8. The van der Waals surface area contributed by atoms with Crippen molar-refractivity contribution in [1.82, 2.24) is 29.4 Å². The SMILES string of the molecule is CC(C)n1cc(-c2cc3cccc(-c4nn(C5CCOCC5)c5c4CN(C=O)CC5)c3cn2)cn1. The van der Waals surface area contributed by atoms with Crippen LogP contribution in [0.5, 0.6) is 0 Å². The number of hydrogen-bond acceptors (Lipinski definition) is 5. The molecule has 1 saturated heterocycles. The highest BCUT2D eigenvalue weighted by molar-refractivity contribution is 5.97. The zero-order valence-corrected chi connectivity index (χ0v) is 20.2. The van der Waals surface area contributed by atoms with Gasteiger partial charge in [0.15, 0.2) is 0 Å². The molecule has 35 heavy (non-hydrogen) atoms. The van der Waals surface area contributed by atoms with Gasteiger partial charge in [0.1, 0.15) is 0 Å². The summed E-state index contributed by atoms with van der Waals surface area (Å²) in [5.74, 6) is 0. The van der Waals surface area contributed by atoms with Crippen LogP contribution in [0.4, 0.5) is 0 Å². The fourth-order valence-corrected chi connectivity index (χ4v) is 5.29. The molecule has 0 unspecified atom stereocenters. The van der Waals surface area contributed by atoms with Gasteiger partial charge < -0.3 is 9.64 Å². The van der Waals surface area contributed by atoms with Crippen LogP contribution in [0.25, 0.3) is 33.3 Å². The minimum Gasteiger partial charge on any atom is -0.381 e. The number of carbonyl (C=O) groups is 1. The van der Waals surface area contributed by atoms with Crippen molar-refractivity contribution in [2.75, 3.05) is 19.8 Å². The van der Waals surface area contributed by atoms with Crippen LogP contribution in [0.3, 0.4) is 0 Å². The van der Waals surface area contributed by atoms with Crippen molar-refractivity contribution in [1.29, 1.82) is 0 Å². The number of ether oxygens (including phenoxy) is 1. The quantitative estimate of drug-likeness (QED) is 0.404. The van der Waals surface area contributed by atoms with E-state index in [1.807, 2.05) is 28.2 Å². The van der Waals surface area contributed by atoms with E-state index in [1.54, 1.807) is 0 Å². The summed E-state index contributed by atoms with van der Waals surface area (Å²) in [7, 11) is 0. The summed E-state index contributed by atoms with van der Waals surface area (Å²) in [5.41, 5.74) is 6.36. The zero-order valence-electron chi connectivity index (χ0n) is 20.2. The number of pyridine rings is 1. The first-order valence-corrected chi connectivity index (χ1v) is 12.4. The second-order valence-corrected chi connectivity index (χ2v) is 9.79. The lowest BCUT2D eigenvalue weighted by atomic mass is 9.97. The molecule has 180 valence electrons. The second kappa shape index (κ2) is 8.92. The van der Waals surface area contributed by atoms with Crippen molar-refractivity contribution in [3.05, 3.63) is 54.1 Å². The summed E-state index contributed by atoms with van der Waals surface area (Å²) in [4.78, 5) is 18.3. The van der Waals surface area contributed by atoms with Gasteiger partial charge in [0.2, 0.25) is 6.41 Å². The van der Waals surface area contributed by atoms with Gasteiger partial charge in [-0.15, -0.1) is 0 Å². The van der Waals surface area contributed by atoms with Crippen LogP contribution in [0.15, 0.2) is 42.9 Å². The molecule has 0 saturated carbocycles. The molecular formula is C27H30N6O2. The van der Waals surface area contributed by atoms with Crippen molar-refractivity contribution in [3.63, 3.8) is 0 Å². The average Bonchev–Trinajstić information content (AvgIpc) is 3.54. The Balaban J connectivity index is 1.45. The maximum Gasteiger partial charge on any atom is 0.210 e. The number of nitrogens with zero attached hydrogens (tertiary/aromatic N) is 6. The fourth-order valence-electron chi connectivity index (χ4n) is 5.29. The Morgan fingerprint density at radius 1 is 1.17 bits per heavy atom. The fraction of sp³-hybridized carbons (Fsp3) is 0.407. The molecule has 8 nitrogen and oxygen atoms in total. The molecule has 0 aliphatic carbocycles. The molecule has 0 atom stereocenters. The molecule has 0 N–H and O–H groups in total. The van der Waals surface area contributed by atoms with E-state index in [-0.39, 0.29) is 0 Å². The Kier molecular flexibility index (Phi) is 5.60. The highest BCUT2D eigenvalue weighted by Crippen LogP contribution is 2.37. The van der Waals surface area contributed by atoms with Crippen LogP contribution in [0.1, 0.15) is 50.0 Å². The van der Waals surface area contributed by atoms with E-state index in [9.17, 15) is 4.79 Å².